The van der Waals surface area contributed by atoms with Crippen molar-refractivity contribution in [2.45, 2.75) is 80.1 Å². The fraction of sp³-hybridized carbons (Fsp3) is 1.00. The van der Waals surface area contributed by atoms with Crippen LogP contribution in [0.4, 0.5) is 0 Å². The predicted molar refractivity (Wildman–Crippen MR) is 84.1 cm³/mol. The van der Waals surface area contributed by atoms with Gasteiger partial charge in [0, 0.05) is 6.54 Å². The first kappa shape index (κ1) is 18.0. The lowest BCUT2D eigenvalue weighted by molar-refractivity contribution is 0.238. The molecule has 0 saturated carbocycles. The van der Waals surface area contributed by atoms with Crippen molar-refractivity contribution in [2.75, 3.05) is 19.6 Å². The molecule has 0 aliphatic heterocycles. The second-order valence-corrected chi connectivity index (χ2v) is 7.42. The minimum Gasteiger partial charge on any atom is -0.303 e. The van der Waals surface area contributed by atoms with Gasteiger partial charge in [-0.05, 0) is 43.7 Å². The quantitative estimate of drug-likeness (QED) is 0.476. The Labute approximate surface area is 116 Å². The second-order valence-electron chi connectivity index (χ2n) is 7.42. The topological polar surface area (TPSA) is 3.24 Å². The van der Waals surface area contributed by atoms with Crippen LogP contribution in [0.15, 0.2) is 0 Å². The Balaban J connectivity index is 3.54. The van der Waals surface area contributed by atoms with Gasteiger partial charge < -0.3 is 4.90 Å². The molecule has 0 aromatic carbocycles. The molecule has 0 atom stereocenters. The first-order valence-electron chi connectivity index (χ1n) is 8.07. The van der Waals surface area contributed by atoms with Gasteiger partial charge >= 0.3 is 0 Å². The Kier molecular flexibility index (Phi) is 9.81. The van der Waals surface area contributed by atoms with E-state index in [0.29, 0.717) is 5.41 Å². The van der Waals surface area contributed by atoms with Gasteiger partial charge in [-0.25, -0.2) is 0 Å². The first-order valence-corrected chi connectivity index (χ1v) is 8.07. The SMILES string of the molecule is CCCN(CCCCCCC(C)(C)C)CC(C)C. The third-order valence-electron chi connectivity index (χ3n) is 3.31. The molecule has 0 saturated heterocycles. The van der Waals surface area contributed by atoms with Crippen molar-refractivity contribution < 1.29 is 0 Å². The lowest BCUT2D eigenvalue weighted by Gasteiger charge is -2.23. The molecule has 0 spiro atoms. The highest BCUT2D eigenvalue weighted by molar-refractivity contribution is 4.63. The molecule has 1 heteroatoms. The molecular weight excluding hydrogens is 218 g/mol. The van der Waals surface area contributed by atoms with Crippen LogP contribution in [0.25, 0.3) is 0 Å². The number of unbranched alkanes of at least 4 members (excludes halogenated alkanes) is 3. The summed E-state index contributed by atoms with van der Waals surface area (Å²) in [6.45, 7) is 17.8. The summed E-state index contributed by atoms with van der Waals surface area (Å²) >= 11 is 0. The molecule has 0 aliphatic carbocycles. The Bertz CT molecular complexity index is 179. The van der Waals surface area contributed by atoms with E-state index in [0.717, 1.165) is 5.92 Å². The van der Waals surface area contributed by atoms with Gasteiger partial charge in [0.15, 0.2) is 0 Å². The molecule has 0 amide bonds. The van der Waals surface area contributed by atoms with Crippen molar-refractivity contribution in [1.82, 2.24) is 4.90 Å². The van der Waals surface area contributed by atoms with Crippen molar-refractivity contribution in [3.05, 3.63) is 0 Å². The number of nitrogens with zero attached hydrogens (tertiary/aromatic N) is 1. The van der Waals surface area contributed by atoms with Crippen LogP contribution >= 0.6 is 0 Å². The number of hydrogen-bond acceptors (Lipinski definition) is 1. The highest BCUT2D eigenvalue weighted by Crippen LogP contribution is 2.22. The molecule has 0 radical (unpaired) electrons. The lowest BCUT2D eigenvalue weighted by atomic mass is 9.89. The molecule has 0 aromatic rings. The summed E-state index contributed by atoms with van der Waals surface area (Å²) in [5, 5.41) is 0. The predicted octanol–water partition coefficient (Wildman–Crippen LogP) is 5.35. The van der Waals surface area contributed by atoms with Crippen molar-refractivity contribution in [3.8, 4) is 0 Å². The largest absolute Gasteiger partial charge is 0.303 e. The molecule has 0 N–H and O–H groups in total. The van der Waals surface area contributed by atoms with Gasteiger partial charge in [-0.15, -0.1) is 0 Å². The summed E-state index contributed by atoms with van der Waals surface area (Å²) in [5.41, 5.74) is 0.520. The second kappa shape index (κ2) is 9.83. The summed E-state index contributed by atoms with van der Waals surface area (Å²) in [4.78, 5) is 2.65. The summed E-state index contributed by atoms with van der Waals surface area (Å²) in [6, 6.07) is 0. The Morgan fingerprint density at radius 1 is 0.889 bits per heavy atom. The maximum Gasteiger partial charge on any atom is 0.000438 e. The summed E-state index contributed by atoms with van der Waals surface area (Å²) in [6.07, 6.45) is 8.28. The highest BCUT2D eigenvalue weighted by Gasteiger charge is 2.09. The fourth-order valence-electron chi connectivity index (χ4n) is 2.47. The number of rotatable bonds is 10. The van der Waals surface area contributed by atoms with Crippen LogP contribution in [0.5, 0.6) is 0 Å². The molecule has 18 heavy (non-hydrogen) atoms. The van der Waals surface area contributed by atoms with E-state index in [2.05, 4.69) is 46.4 Å². The van der Waals surface area contributed by atoms with E-state index in [1.807, 2.05) is 0 Å². The third-order valence-corrected chi connectivity index (χ3v) is 3.31. The van der Waals surface area contributed by atoms with Crippen molar-refractivity contribution >= 4 is 0 Å². The van der Waals surface area contributed by atoms with Crippen LogP contribution < -0.4 is 0 Å². The van der Waals surface area contributed by atoms with Crippen molar-refractivity contribution in [2.24, 2.45) is 11.3 Å². The van der Waals surface area contributed by atoms with E-state index in [-0.39, 0.29) is 0 Å². The molecule has 0 aliphatic rings. The Morgan fingerprint density at radius 2 is 1.50 bits per heavy atom. The molecule has 1 nitrogen and oxygen atoms in total. The van der Waals surface area contributed by atoms with Crippen LogP contribution in [0.3, 0.4) is 0 Å². The molecule has 0 unspecified atom stereocenters. The van der Waals surface area contributed by atoms with Gasteiger partial charge in [-0.1, -0.05) is 60.8 Å². The van der Waals surface area contributed by atoms with Crippen molar-refractivity contribution in [3.63, 3.8) is 0 Å². The monoisotopic (exact) mass is 255 g/mol. The Hall–Kier alpha value is -0.0400. The molecule has 110 valence electrons. The number of hydrogen-bond donors (Lipinski definition) is 0. The maximum absolute atomic E-state index is 2.65. The summed E-state index contributed by atoms with van der Waals surface area (Å²) in [5.74, 6) is 0.803. The highest BCUT2D eigenvalue weighted by atomic mass is 15.1. The standard InChI is InChI=1S/C17H37N/c1-7-13-18(15-16(2)3)14-11-9-8-10-12-17(4,5)6/h16H,7-15H2,1-6H3. The minimum atomic E-state index is 0.520. The van der Waals surface area contributed by atoms with E-state index in [4.69, 9.17) is 0 Å². The summed E-state index contributed by atoms with van der Waals surface area (Å²) in [7, 11) is 0. The third kappa shape index (κ3) is 12.4. The first-order chi connectivity index (χ1) is 8.35. The zero-order valence-electron chi connectivity index (χ0n) is 13.9. The zero-order chi connectivity index (χ0) is 14.0. The molecule has 0 fully saturated rings. The zero-order valence-corrected chi connectivity index (χ0v) is 13.9. The summed E-state index contributed by atoms with van der Waals surface area (Å²) < 4.78 is 0. The van der Waals surface area contributed by atoms with Gasteiger partial charge in [0.05, 0.1) is 0 Å². The van der Waals surface area contributed by atoms with Crippen LogP contribution in [0, 0.1) is 11.3 Å². The maximum atomic E-state index is 2.65. The normalized spacial score (nSPS) is 12.7. The molecular formula is C17H37N. The fourth-order valence-corrected chi connectivity index (χ4v) is 2.47. The van der Waals surface area contributed by atoms with E-state index in [1.54, 1.807) is 0 Å². The minimum absolute atomic E-state index is 0.520. The van der Waals surface area contributed by atoms with Crippen LogP contribution in [-0.4, -0.2) is 24.5 Å². The van der Waals surface area contributed by atoms with Crippen molar-refractivity contribution in [1.29, 1.82) is 0 Å². The molecule has 0 rings (SSSR count). The van der Waals surface area contributed by atoms with Gasteiger partial charge in [0.25, 0.3) is 0 Å². The van der Waals surface area contributed by atoms with Gasteiger partial charge in [0.2, 0.25) is 0 Å². The van der Waals surface area contributed by atoms with E-state index >= 15 is 0 Å². The average Bonchev–Trinajstić information content (AvgIpc) is 2.21. The van der Waals surface area contributed by atoms with Gasteiger partial charge in [0.1, 0.15) is 0 Å². The molecule has 0 aromatic heterocycles. The molecule has 0 bridgehead atoms. The van der Waals surface area contributed by atoms with Gasteiger partial charge in [-0.3, -0.25) is 0 Å². The lowest BCUT2D eigenvalue weighted by Crippen LogP contribution is -2.29. The van der Waals surface area contributed by atoms with Crippen LogP contribution in [0.1, 0.15) is 80.1 Å². The van der Waals surface area contributed by atoms with E-state index < -0.39 is 0 Å². The Morgan fingerprint density at radius 3 is 2.00 bits per heavy atom. The van der Waals surface area contributed by atoms with Gasteiger partial charge in [-0.2, -0.15) is 0 Å². The van der Waals surface area contributed by atoms with E-state index in [9.17, 15) is 0 Å². The van der Waals surface area contributed by atoms with E-state index in [1.165, 1.54) is 58.2 Å². The smallest absolute Gasteiger partial charge is 0.000438 e. The average molecular weight is 255 g/mol. The van der Waals surface area contributed by atoms with Crippen LogP contribution in [0.2, 0.25) is 0 Å². The molecule has 0 heterocycles. The van der Waals surface area contributed by atoms with Crippen LogP contribution in [-0.2, 0) is 0 Å².